The number of rotatable bonds is 7. The molecule has 0 atom stereocenters. The molecule has 8 nitrogen and oxygen atoms in total. The Hall–Kier alpha value is -2.39. The van der Waals surface area contributed by atoms with Gasteiger partial charge >= 0.3 is 5.97 Å². The van der Waals surface area contributed by atoms with Crippen molar-refractivity contribution >= 4 is 16.0 Å². The third-order valence-corrected chi connectivity index (χ3v) is 7.57. The van der Waals surface area contributed by atoms with Crippen molar-refractivity contribution in [2.75, 3.05) is 14.2 Å². The SMILES string of the molecule is COC(=O)c1ccc(OC)c(CN(C2CCCCC2)S(=O)(=O)c2cn(C)nc2C)c1. The van der Waals surface area contributed by atoms with E-state index in [1.807, 2.05) is 0 Å². The molecule has 1 aromatic carbocycles. The van der Waals surface area contributed by atoms with Crippen LogP contribution in [0.15, 0.2) is 29.3 Å². The van der Waals surface area contributed by atoms with Crippen molar-refractivity contribution in [1.29, 1.82) is 0 Å². The molecule has 3 rings (SSSR count). The first-order valence-corrected chi connectivity index (χ1v) is 11.5. The van der Waals surface area contributed by atoms with Crippen LogP contribution in [0.5, 0.6) is 5.75 Å². The predicted octanol–water partition coefficient (Wildman–Crippen LogP) is 3.05. The number of sulfonamides is 1. The second-order valence-electron chi connectivity index (χ2n) is 7.61. The number of hydrogen-bond donors (Lipinski definition) is 0. The smallest absolute Gasteiger partial charge is 0.337 e. The first-order chi connectivity index (χ1) is 14.3. The molecular weight excluding hydrogens is 406 g/mol. The number of carbonyl (C=O) groups excluding carboxylic acids is 1. The zero-order valence-electron chi connectivity index (χ0n) is 17.9. The van der Waals surface area contributed by atoms with Gasteiger partial charge in [-0.05, 0) is 38.0 Å². The van der Waals surface area contributed by atoms with Crippen molar-refractivity contribution in [1.82, 2.24) is 14.1 Å². The molecule has 0 unspecified atom stereocenters. The first kappa shape index (κ1) is 22.3. The lowest BCUT2D eigenvalue weighted by Gasteiger charge is -2.33. The molecule has 1 heterocycles. The number of ether oxygens (including phenoxy) is 2. The van der Waals surface area contributed by atoms with Gasteiger partial charge in [0.1, 0.15) is 10.6 Å². The van der Waals surface area contributed by atoms with Gasteiger partial charge in [-0.3, -0.25) is 4.68 Å². The Labute approximate surface area is 177 Å². The first-order valence-electron chi connectivity index (χ1n) is 10.0. The van der Waals surface area contributed by atoms with Gasteiger partial charge in [-0.1, -0.05) is 19.3 Å². The third-order valence-electron chi connectivity index (χ3n) is 5.56. The fraction of sp³-hybridized carbons (Fsp3) is 0.524. The summed E-state index contributed by atoms with van der Waals surface area (Å²) in [6.45, 7) is 1.81. The van der Waals surface area contributed by atoms with Crippen molar-refractivity contribution in [3.63, 3.8) is 0 Å². The standard InChI is InChI=1S/C21H29N3O5S/c1-15-20(14-23(2)22-15)30(26,27)24(18-8-6-5-7-9-18)13-17-12-16(21(25)29-4)10-11-19(17)28-3/h10-12,14,18H,5-9,13H2,1-4H3. The molecule has 0 amide bonds. The molecule has 0 spiro atoms. The minimum absolute atomic E-state index is 0.106. The van der Waals surface area contributed by atoms with E-state index in [9.17, 15) is 13.2 Å². The van der Waals surface area contributed by atoms with Crippen LogP contribution in [0.2, 0.25) is 0 Å². The fourth-order valence-corrected chi connectivity index (χ4v) is 5.92. The molecule has 1 aromatic heterocycles. The molecule has 1 aliphatic carbocycles. The zero-order chi connectivity index (χ0) is 21.9. The second kappa shape index (κ2) is 9.18. The molecule has 0 saturated heterocycles. The number of hydrogen-bond acceptors (Lipinski definition) is 6. The number of carbonyl (C=O) groups is 1. The van der Waals surface area contributed by atoms with Gasteiger partial charge in [0, 0.05) is 31.4 Å². The van der Waals surface area contributed by atoms with Crippen LogP contribution in [0, 0.1) is 6.92 Å². The van der Waals surface area contributed by atoms with E-state index >= 15 is 0 Å². The maximum absolute atomic E-state index is 13.7. The van der Waals surface area contributed by atoms with Crippen LogP contribution in [0.4, 0.5) is 0 Å². The maximum Gasteiger partial charge on any atom is 0.337 e. The Balaban J connectivity index is 2.06. The Morgan fingerprint density at radius 3 is 2.50 bits per heavy atom. The summed E-state index contributed by atoms with van der Waals surface area (Å²) >= 11 is 0. The molecule has 1 fully saturated rings. The molecule has 164 valence electrons. The van der Waals surface area contributed by atoms with Gasteiger partial charge in [-0.25, -0.2) is 13.2 Å². The van der Waals surface area contributed by atoms with Crippen molar-refractivity contribution in [3.05, 3.63) is 41.2 Å². The van der Waals surface area contributed by atoms with Gasteiger partial charge in [-0.15, -0.1) is 0 Å². The number of esters is 1. The summed E-state index contributed by atoms with van der Waals surface area (Å²) in [4.78, 5) is 12.2. The van der Waals surface area contributed by atoms with E-state index in [4.69, 9.17) is 9.47 Å². The molecule has 1 aliphatic rings. The average molecular weight is 436 g/mol. The van der Waals surface area contributed by atoms with Crippen LogP contribution in [-0.2, 0) is 28.4 Å². The molecular formula is C21H29N3O5S. The van der Waals surface area contributed by atoms with Crippen LogP contribution in [0.3, 0.4) is 0 Å². The highest BCUT2D eigenvalue weighted by atomic mass is 32.2. The Bertz CT molecular complexity index is 1010. The van der Waals surface area contributed by atoms with E-state index < -0.39 is 16.0 Å². The molecule has 9 heteroatoms. The highest BCUT2D eigenvalue weighted by Gasteiger charge is 2.35. The van der Waals surface area contributed by atoms with E-state index in [0.29, 0.717) is 22.6 Å². The van der Waals surface area contributed by atoms with E-state index in [-0.39, 0.29) is 17.5 Å². The lowest BCUT2D eigenvalue weighted by atomic mass is 9.95. The number of benzene rings is 1. The molecule has 0 N–H and O–H groups in total. The summed E-state index contributed by atoms with van der Waals surface area (Å²) in [5.74, 6) is 0.0515. The van der Waals surface area contributed by atoms with Crippen molar-refractivity contribution in [2.45, 2.75) is 56.5 Å². The molecule has 0 bridgehead atoms. The van der Waals surface area contributed by atoms with Crippen LogP contribution in [0.25, 0.3) is 0 Å². The predicted molar refractivity (Wildman–Crippen MR) is 112 cm³/mol. The van der Waals surface area contributed by atoms with Crippen molar-refractivity contribution < 1.29 is 22.7 Å². The van der Waals surface area contributed by atoms with Crippen molar-refractivity contribution in [2.24, 2.45) is 7.05 Å². The monoisotopic (exact) mass is 435 g/mol. The van der Waals surface area contributed by atoms with Crippen LogP contribution in [0.1, 0.15) is 53.7 Å². The molecule has 0 aliphatic heterocycles. The number of aryl methyl sites for hydroxylation is 2. The lowest BCUT2D eigenvalue weighted by Crippen LogP contribution is -2.41. The van der Waals surface area contributed by atoms with Gasteiger partial charge in [0.25, 0.3) is 0 Å². The second-order valence-corrected chi connectivity index (χ2v) is 9.47. The number of methoxy groups -OCH3 is 2. The average Bonchev–Trinajstić information content (AvgIpc) is 3.10. The van der Waals surface area contributed by atoms with Crippen LogP contribution in [-0.4, -0.2) is 48.7 Å². The Morgan fingerprint density at radius 2 is 1.93 bits per heavy atom. The Kier molecular flexibility index (Phi) is 6.82. The molecule has 2 aromatic rings. The van der Waals surface area contributed by atoms with Gasteiger partial charge in [0.05, 0.1) is 25.5 Å². The summed E-state index contributed by atoms with van der Waals surface area (Å²) < 4.78 is 40.7. The number of nitrogens with zero attached hydrogens (tertiary/aromatic N) is 3. The summed E-state index contributed by atoms with van der Waals surface area (Å²) in [6.07, 6.45) is 6.24. The lowest BCUT2D eigenvalue weighted by molar-refractivity contribution is 0.0600. The van der Waals surface area contributed by atoms with Crippen molar-refractivity contribution in [3.8, 4) is 5.75 Å². The van der Waals surface area contributed by atoms with Crippen LogP contribution < -0.4 is 4.74 Å². The minimum Gasteiger partial charge on any atom is -0.496 e. The van der Waals surface area contributed by atoms with E-state index in [2.05, 4.69) is 5.10 Å². The fourth-order valence-electron chi connectivity index (χ4n) is 4.05. The number of aromatic nitrogens is 2. The summed E-state index contributed by atoms with van der Waals surface area (Å²) in [5, 5.41) is 4.22. The molecule has 1 saturated carbocycles. The highest BCUT2D eigenvalue weighted by Crippen LogP contribution is 2.32. The largest absolute Gasteiger partial charge is 0.496 e. The summed E-state index contributed by atoms with van der Waals surface area (Å²) in [6, 6.07) is 4.81. The maximum atomic E-state index is 13.7. The minimum atomic E-state index is -3.79. The van der Waals surface area contributed by atoms with Crippen LogP contribution >= 0.6 is 0 Å². The highest BCUT2D eigenvalue weighted by molar-refractivity contribution is 7.89. The summed E-state index contributed by atoms with van der Waals surface area (Å²) in [7, 11) is 0.759. The van der Waals surface area contributed by atoms with Gasteiger partial charge < -0.3 is 9.47 Å². The van der Waals surface area contributed by atoms with Gasteiger partial charge in [-0.2, -0.15) is 9.40 Å². The van der Waals surface area contributed by atoms with Gasteiger partial charge in [0.15, 0.2) is 0 Å². The van der Waals surface area contributed by atoms with E-state index in [1.165, 1.54) is 18.9 Å². The topological polar surface area (TPSA) is 90.7 Å². The third kappa shape index (κ3) is 4.52. The molecule has 0 radical (unpaired) electrons. The normalized spacial score (nSPS) is 15.4. The quantitative estimate of drug-likeness (QED) is 0.621. The zero-order valence-corrected chi connectivity index (χ0v) is 18.7. The molecule has 30 heavy (non-hydrogen) atoms. The van der Waals surface area contributed by atoms with E-state index in [1.54, 1.807) is 42.7 Å². The Morgan fingerprint density at radius 1 is 1.23 bits per heavy atom. The summed E-state index contributed by atoms with van der Waals surface area (Å²) in [5.41, 5.74) is 1.44. The van der Waals surface area contributed by atoms with Gasteiger partial charge in [0.2, 0.25) is 10.0 Å². The van der Waals surface area contributed by atoms with E-state index in [0.717, 1.165) is 32.1 Å².